The molecule has 2 amide bonds. The summed E-state index contributed by atoms with van der Waals surface area (Å²) in [5, 5.41) is 0.594. The van der Waals surface area contributed by atoms with E-state index in [4.69, 9.17) is 11.6 Å². The lowest BCUT2D eigenvalue weighted by molar-refractivity contribution is -0.122. The van der Waals surface area contributed by atoms with Crippen LogP contribution in [0.15, 0.2) is 46.9 Å². The van der Waals surface area contributed by atoms with Gasteiger partial charge in [-0.15, -0.1) is 0 Å². The number of benzene rings is 2. The van der Waals surface area contributed by atoms with E-state index in [0.717, 1.165) is 15.6 Å². The Hall–Kier alpha value is -1.65. The summed E-state index contributed by atoms with van der Waals surface area (Å²) in [5.74, 6) is -0.593. The van der Waals surface area contributed by atoms with Crippen molar-refractivity contribution in [2.45, 2.75) is 19.8 Å². The lowest BCUT2D eigenvalue weighted by atomic mass is 9.98. The van der Waals surface area contributed by atoms with Crippen molar-refractivity contribution >= 4 is 45.0 Å². The number of imide groups is 1. The highest BCUT2D eigenvalue weighted by Crippen LogP contribution is 2.32. The van der Waals surface area contributed by atoms with E-state index in [0.29, 0.717) is 17.1 Å². The van der Waals surface area contributed by atoms with Crippen molar-refractivity contribution in [1.29, 1.82) is 0 Å². The molecule has 1 saturated heterocycles. The van der Waals surface area contributed by atoms with Crippen LogP contribution in [-0.4, -0.2) is 11.8 Å². The van der Waals surface area contributed by atoms with E-state index in [9.17, 15) is 9.59 Å². The van der Waals surface area contributed by atoms with Gasteiger partial charge in [0.15, 0.2) is 0 Å². The molecule has 3 nitrogen and oxygen atoms in total. The number of aryl methyl sites for hydroxylation is 1. The topological polar surface area (TPSA) is 37.4 Å². The van der Waals surface area contributed by atoms with Gasteiger partial charge in [0, 0.05) is 15.9 Å². The zero-order chi connectivity index (χ0) is 16.6. The maximum absolute atomic E-state index is 12.7. The normalized spacial score (nSPS) is 17.9. The Kier molecular flexibility index (Phi) is 4.55. The zero-order valence-electron chi connectivity index (χ0n) is 12.6. The Morgan fingerprint density at radius 2 is 1.87 bits per heavy atom. The van der Waals surface area contributed by atoms with E-state index in [-0.39, 0.29) is 24.2 Å². The minimum Gasteiger partial charge on any atom is -0.274 e. The second-order valence-corrected chi connectivity index (χ2v) is 7.08. The molecule has 23 heavy (non-hydrogen) atoms. The maximum Gasteiger partial charge on any atom is 0.237 e. The van der Waals surface area contributed by atoms with Crippen LogP contribution in [-0.2, 0) is 16.0 Å². The summed E-state index contributed by atoms with van der Waals surface area (Å²) in [7, 11) is 0. The highest BCUT2D eigenvalue weighted by molar-refractivity contribution is 9.10. The fraction of sp³-hybridized carbons (Fsp3) is 0.222. The minimum absolute atomic E-state index is 0.136. The number of carbonyl (C=O) groups is 2. The Bertz CT molecular complexity index is 773. The van der Waals surface area contributed by atoms with Gasteiger partial charge in [-0.05, 0) is 54.8 Å². The number of hydrogen-bond acceptors (Lipinski definition) is 2. The van der Waals surface area contributed by atoms with Crippen molar-refractivity contribution in [2.75, 3.05) is 4.90 Å². The summed E-state index contributed by atoms with van der Waals surface area (Å²) in [5.41, 5.74) is 2.50. The highest BCUT2D eigenvalue weighted by Gasteiger charge is 2.39. The van der Waals surface area contributed by atoms with E-state index < -0.39 is 0 Å². The summed E-state index contributed by atoms with van der Waals surface area (Å²) >= 11 is 9.35. The number of carbonyl (C=O) groups excluding carboxylic acids is 2. The fourth-order valence-corrected chi connectivity index (χ4v) is 3.37. The number of rotatable bonds is 3. The van der Waals surface area contributed by atoms with Crippen molar-refractivity contribution < 1.29 is 9.59 Å². The quantitative estimate of drug-likeness (QED) is 0.720. The van der Waals surface area contributed by atoms with Crippen molar-refractivity contribution in [3.05, 3.63) is 63.1 Å². The predicted octanol–water partition coefficient (Wildman–Crippen LogP) is 4.53. The van der Waals surface area contributed by atoms with Gasteiger partial charge in [0.25, 0.3) is 0 Å². The van der Waals surface area contributed by atoms with Gasteiger partial charge in [0.05, 0.1) is 11.6 Å². The molecule has 5 heteroatoms. The Morgan fingerprint density at radius 3 is 2.52 bits per heavy atom. The third-order valence-corrected chi connectivity index (χ3v) is 4.80. The molecule has 1 atom stereocenters. The van der Waals surface area contributed by atoms with Crippen LogP contribution < -0.4 is 4.90 Å². The number of amides is 2. The van der Waals surface area contributed by atoms with Gasteiger partial charge in [0.1, 0.15) is 0 Å². The lowest BCUT2D eigenvalue weighted by Gasteiger charge is -2.17. The lowest BCUT2D eigenvalue weighted by Crippen LogP contribution is -2.31. The molecule has 0 radical (unpaired) electrons. The molecule has 2 aromatic carbocycles. The molecule has 1 fully saturated rings. The second kappa shape index (κ2) is 6.46. The van der Waals surface area contributed by atoms with E-state index in [1.807, 2.05) is 31.2 Å². The summed E-state index contributed by atoms with van der Waals surface area (Å²) in [6.45, 7) is 1.85. The zero-order valence-corrected chi connectivity index (χ0v) is 14.9. The van der Waals surface area contributed by atoms with E-state index >= 15 is 0 Å². The first-order chi connectivity index (χ1) is 11.0. The number of nitrogens with zero attached hydrogens (tertiary/aromatic N) is 1. The van der Waals surface area contributed by atoms with E-state index in [2.05, 4.69) is 15.9 Å². The molecule has 3 rings (SSSR count). The largest absolute Gasteiger partial charge is 0.274 e. The monoisotopic (exact) mass is 391 g/mol. The number of halogens is 2. The first kappa shape index (κ1) is 16.2. The molecule has 0 spiro atoms. The third kappa shape index (κ3) is 3.33. The first-order valence-electron chi connectivity index (χ1n) is 7.33. The van der Waals surface area contributed by atoms with Crippen LogP contribution in [0.4, 0.5) is 5.69 Å². The second-order valence-electron chi connectivity index (χ2n) is 5.73. The van der Waals surface area contributed by atoms with Crippen LogP contribution in [0.1, 0.15) is 17.5 Å². The first-order valence-corrected chi connectivity index (χ1v) is 8.50. The van der Waals surface area contributed by atoms with Crippen LogP contribution in [0.25, 0.3) is 0 Å². The Morgan fingerprint density at radius 1 is 1.17 bits per heavy atom. The standard InChI is InChI=1S/C18H15BrClNO2/c1-11-8-15(20)6-7-16(11)21-17(22)10-13(18(21)23)9-12-2-4-14(19)5-3-12/h2-8,13H,9-10H2,1H3/t13-/m1/s1. The fourth-order valence-electron chi connectivity index (χ4n) is 2.88. The van der Waals surface area contributed by atoms with Crippen LogP contribution in [0.2, 0.25) is 5.02 Å². The van der Waals surface area contributed by atoms with Crippen molar-refractivity contribution in [3.8, 4) is 0 Å². The van der Waals surface area contributed by atoms with Crippen molar-refractivity contribution in [2.24, 2.45) is 5.92 Å². The predicted molar refractivity (Wildman–Crippen MR) is 94.6 cm³/mol. The van der Waals surface area contributed by atoms with Crippen molar-refractivity contribution in [3.63, 3.8) is 0 Å². The van der Waals surface area contributed by atoms with Crippen LogP contribution in [0.5, 0.6) is 0 Å². The summed E-state index contributed by atoms with van der Waals surface area (Å²) in [4.78, 5) is 26.3. The third-order valence-electron chi connectivity index (χ3n) is 4.04. The Balaban J connectivity index is 1.83. The molecule has 2 aromatic rings. The Labute approximate surface area is 148 Å². The SMILES string of the molecule is Cc1cc(Cl)ccc1N1C(=O)C[C@@H](Cc2ccc(Br)cc2)C1=O. The molecule has 1 aliphatic heterocycles. The van der Waals surface area contributed by atoms with Crippen LogP contribution in [0, 0.1) is 12.8 Å². The van der Waals surface area contributed by atoms with Gasteiger partial charge in [-0.25, -0.2) is 0 Å². The molecule has 0 N–H and O–H groups in total. The molecule has 118 valence electrons. The van der Waals surface area contributed by atoms with Gasteiger partial charge >= 0.3 is 0 Å². The minimum atomic E-state index is -0.307. The summed E-state index contributed by atoms with van der Waals surface area (Å²) < 4.78 is 0.994. The van der Waals surface area contributed by atoms with E-state index in [1.54, 1.807) is 18.2 Å². The smallest absolute Gasteiger partial charge is 0.237 e. The molecule has 0 aliphatic carbocycles. The van der Waals surface area contributed by atoms with Crippen molar-refractivity contribution in [1.82, 2.24) is 0 Å². The average molecular weight is 393 g/mol. The van der Waals surface area contributed by atoms with Gasteiger partial charge in [0.2, 0.25) is 11.8 Å². The number of anilines is 1. The summed E-state index contributed by atoms with van der Waals surface area (Å²) in [6.07, 6.45) is 0.817. The molecule has 0 unspecified atom stereocenters. The van der Waals surface area contributed by atoms with Gasteiger partial charge in [-0.1, -0.05) is 39.7 Å². The highest BCUT2D eigenvalue weighted by atomic mass is 79.9. The van der Waals surface area contributed by atoms with Gasteiger partial charge in [-0.3, -0.25) is 14.5 Å². The van der Waals surface area contributed by atoms with Crippen LogP contribution >= 0.6 is 27.5 Å². The van der Waals surface area contributed by atoms with Crippen LogP contribution in [0.3, 0.4) is 0 Å². The van der Waals surface area contributed by atoms with E-state index in [1.165, 1.54) is 4.90 Å². The molecule has 0 aromatic heterocycles. The van der Waals surface area contributed by atoms with Gasteiger partial charge < -0.3 is 0 Å². The molecule has 1 aliphatic rings. The molecular formula is C18H15BrClNO2. The maximum atomic E-state index is 12.7. The van der Waals surface area contributed by atoms with Gasteiger partial charge in [-0.2, -0.15) is 0 Å². The number of hydrogen-bond donors (Lipinski definition) is 0. The molecule has 0 saturated carbocycles. The molecular weight excluding hydrogens is 378 g/mol. The molecule has 0 bridgehead atoms. The average Bonchev–Trinajstić information content (AvgIpc) is 2.77. The summed E-state index contributed by atoms with van der Waals surface area (Å²) in [6, 6.07) is 13.0. The molecule has 1 heterocycles.